The molecule has 0 unspecified atom stereocenters. The van der Waals surface area contributed by atoms with E-state index in [-0.39, 0.29) is 11.5 Å². The Morgan fingerprint density at radius 1 is 1.37 bits per heavy atom. The Balaban J connectivity index is 2.37. The number of hydrogen-bond donors (Lipinski definition) is 1. The number of anilines is 1. The molecular formula is C15H20N2O2. The minimum absolute atomic E-state index is 0.0865. The zero-order valence-corrected chi connectivity index (χ0v) is 11.7. The summed E-state index contributed by atoms with van der Waals surface area (Å²) in [6, 6.07) is 8.81. The molecule has 0 saturated carbocycles. The zero-order chi connectivity index (χ0) is 14.3. The quantitative estimate of drug-likeness (QED) is 0.855. The number of nitrogens with one attached hydrogen (secondary N) is 1. The van der Waals surface area contributed by atoms with Gasteiger partial charge in [-0.15, -0.1) is 0 Å². The average molecular weight is 260 g/mol. The predicted octanol–water partition coefficient (Wildman–Crippen LogP) is 3.09. The molecule has 0 aromatic heterocycles. The summed E-state index contributed by atoms with van der Waals surface area (Å²) in [5.41, 5.74) is 1.08. The number of ether oxygens (including phenoxy) is 1. The highest BCUT2D eigenvalue weighted by molar-refractivity contribution is 5.90. The van der Waals surface area contributed by atoms with Gasteiger partial charge in [-0.25, -0.2) is 0 Å². The molecule has 19 heavy (non-hydrogen) atoms. The van der Waals surface area contributed by atoms with E-state index >= 15 is 0 Å². The van der Waals surface area contributed by atoms with Crippen molar-refractivity contribution in [2.24, 2.45) is 0 Å². The second kappa shape index (κ2) is 6.91. The first-order valence-corrected chi connectivity index (χ1v) is 6.41. The van der Waals surface area contributed by atoms with Crippen molar-refractivity contribution in [2.45, 2.75) is 39.2 Å². The van der Waals surface area contributed by atoms with Crippen molar-refractivity contribution in [3.8, 4) is 6.07 Å². The van der Waals surface area contributed by atoms with Crippen LogP contribution in [0.15, 0.2) is 24.3 Å². The van der Waals surface area contributed by atoms with Gasteiger partial charge in [0.15, 0.2) is 0 Å². The molecule has 1 amide bonds. The summed E-state index contributed by atoms with van der Waals surface area (Å²) in [7, 11) is 0. The van der Waals surface area contributed by atoms with Crippen LogP contribution in [0.2, 0.25) is 0 Å². The van der Waals surface area contributed by atoms with Crippen LogP contribution in [0, 0.1) is 11.3 Å². The highest BCUT2D eigenvalue weighted by Crippen LogP contribution is 2.14. The highest BCUT2D eigenvalue weighted by Gasteiger charge is 2.15. The molecule has 102 valence electrons. The van der Waals surface area contributed by atoms with Gasteiger partial charge in [-0.1, -0.05) is 6.92 Å². The Bertz CT molecular complexity index is 458. The van der Waals surface area contributed by atoms with Crippen LogP contribution in [0.25, 0.3) is 0 Å². The van der Waals surface area contributed by atoms with Crippen LogP contribution in [0.4, 0.5) is 5.69 Å². The molecular weight excluding hydrogens is 240 g/mol. The first-order valence-electron chi connectivity index (χ1n) is 6.41. The highest BCUT2D eigenvalue weighted by atomic mass is 16.5. The van der Waals surface area contributed by atoms with Gasteiger partial charge in [0.25, 0.3) is 0 Å². The average Bonchev–Trinajstić information content (AvgIpc) is 2.39. The molecule has 0 heterocycles. The van der Waals surface area contributed by atoms with Gasteiger partial charge in [-0.2, -0.15) is 5.26 Å². The summed E-state index contributed by atoms with van der Waals surface area (Å²) in [5.74, 6) is -0.0865. The Morgan fingerprint density at radius 3 is 2.53 bits per heavy atom. The second-order valence-electron chi connectivity index (χ2n) is 4.95. The number of nitrogens with zero attached hydrogens (tertiary/aromatic N) is 1. The van der Waals surface area contributed by atoms with Gasteiger partial charge < -0.3 is 10.1 Å². The summed E-state index contributed by atoms with van der Waals surface area (Å²) in [6.45, 7) is 6.47. The van der Waals surface area contributed by atoms with E-state index in [2.05, 4.69) is 12.2 Å². The van der Waals surface area contributed by atoms with Gasteiger partial charge in [-0.3, -0.25) is 4.79 Å². The molecule has 4 heteroatoms. The fourth-order valence-corrected chi connectivity index (χ4v) is 1.37. The summed E-state index contributed by atoms with van der Waals surface area (Å²) in [6.07, 6.45) is 1.23. The van der Waals surface area contributed by atoms with Crippen molar-refractivity contribution in [2.75, 3.05) is 11.9 Å². The summed E-state index contributed by atoms with van der Waals surface area (Å²) >= 11 is 0. The van der Waals surface area contributed by atoms with Crippen LogP contribution < -0.4 is 5.32 Å². The van der Waals surface area contributed by atoms with Gasteiger partial charge in [0.2, 0.25) is 5.91 Å². The molecule has 0 aliphatic heterocycles. The molecule has 1 aromatic rings. The van der Waals surface area contributed by atoms with E-state index in [0.29, 0.717) is 24.3 Å². The lowest BCUT2D eigenvalue weighted by Gasteiger charge is -2.23. The fourth-order valence-electron chi connectivity index (χ4n) is 1.37. The number of hydrogen-bond acceptors (Lipinski definition) is 3. The third kappa shape index (κ3) is 5.54. The molecule has 1 rings (SSSR count). The zero-order valence-electron chi connectivity index (χ0n) is 11.7. The van der Waals surface area contributed by atoms with Crippen LogP contribution in [-0.2, 0) is 9.53 Å². The Labute approximate surface area is 114 Å². The van der Waals surface area contributed by atoms with E-state index in [1.54, 1.807) is 24.3 Å². The molecule has 4 nitrogen and oxygen atoms in total. The van der Waals surface area contributed by atoms with Gasteiger partial charge in [-0.05, 0) is 44.5 Å². The smallest absolute Gasteiger partial charge is 0.226 e. The first kappa shape index (κ1) is 15.2. The lowest BCUT2D eigenvalue weighted by molar-refractivity contribution is -0.118. The Kier molecular flexibility index (Phi) is 5.53. The van der Waals surface area contributed by atoms with Crippen LogP contribution in [0.5, 0.6) is 0 Å². The number of benzene rings is 1. The van der Waals surface area contributed by atoms with Crippen LogP contribution >= 0.6 is 0 Å². The molecule has 1 N–H and O–H groups in total. The van der Waals surface area contributed by atoms with Crippen LogP contribution in [0.1, 0.15) is 39.2 Å². The number of amides is 1. The molecule has 1 aromatic carbocycles. The van der Waals surface area contributed by atoms with Crippen molar-refractivity contribution in [3.63, 3.8) is 0 Å². The summed E-state index contributed by atoms with van der Waals surface area (Å²) in [5, 5.41) is 11.4. The predicted molar refractivity (Wildman–Crippen MR) is 74.7 cm³/mol. The lowest BCUT2D eigenvalue weighted by atomic mass is 10.1. The van der Waals surface area contributed by atoms with Crippen molar-refractivity contribution < 1.29 is 9.53 Å². The van der Waals surface area contributed by atoms with Crippen molar-refractivity contribution >= 4 is 11.6 Å². The molecule has 0 aliphatic carbocycles. The Morgan fingerprint density at radius 2 is 2.00 bits per heavy atom. The molecule has 0 atom stereocenters. The van der Waals surface area contributed by atoms with E-state index in [1.165, 1.54) is 0 Å². The van der Waals surface area contributed by atoms with Gasteiger partial charge >= 0.3 is 0 Å². The summed E-state index contributed by atoms with van der Waals surface area (Å²) < 4.78 is 5.62. The van der Waals surface area contributed by atoms with E-state index in [9.17, 15) is 4.79 Å². The number of carbonyl (C=O) groups excluding carboxylic acids is 1. The van der Waals surface area contributed by atoms with Crippen molar-refractivity contribution in [3.05, 3.63) is 29.8 Å². The fraction of sp³-hybridized carbons (Fsp3) is 0.467. The van der Waals surface area contributed by atoms with Crippen molar-refractivity contribution in [1.82, 2.24) is 0 Å². The van der Waals surface area contributed by atoms with Gasteiger partial charge in [0.05, 0.1) is 30.3 Å². The molecule has 0 saturated heterocycles. The molecule has 0 spiro atoms. The maximum Gasteiger partial charge on any atom is 0.226 e. The maximum absolute atomic E-state index is 11.7. The third-order valence-corrected chi connectivity index (χ3v) is 2.97. The van der Waals surface area contributed by atoms with Gasteiger partial charge in [0.1, 0.15) is 0 Å². The second-order valence-corrected chi connectivity index (χ2v) is 4.95. The maximum atomic E-state index is 11.7. The molecule has 0 radical (unpaired) electrons. The standard InChI is InChI=1S/C15H20N2O2/c1-4-15(2,3)19-10-9-14(18)17-13-7-5-12(11-16)6-8-13/h5-8H,4,9-10H2,1-3H3,(H,17,18). The molecule has 0 bridgehead atoms. The summed E-state index contributed by atoms with van der Waals surface area (Å²) in [4.78, 5) is 11.7. The van der Waals surface area contributed by atoms with E-state index in [1.807, 2.05) is 19.9 Å². The van der Waals surface area contributed by atoms with Gasteiger partial charge in [0, 0.05) is 5.69 Å². The number of carbonyl (C=O) groups is 1. The largest absolute Gasteiger partial charge is 0.375 e. The Hall–Kier alpha value is -1.86. The van der Waals surface area contributed by atoms with Crippen molar-refractivity contribution in [1.29, 1.82) is 5.26 Å². The number of rotatable bonds is 6. The normalized spacial score (nSPS) is 10.8. The SMILES string of the molecule is CCC(C)(C)OCCC(=O)Nc1ccc(C#N)cc1. The minimum Gasteiger partial charge on any atom is -0.375 e. The van der Waals surface area contributed by atoms with Crippen LogP contribution in [-0.4, -0.2) is 18.1 Å². The van der Waals surface area contributed by atoms with Crippen LogP contribution in [0.3, 0.4) is 0 Å². The first-order chi connectivity index (χ1) is 8.96. The molecule has 0 aliphatic rings. The van der Waals surface area contributed by atoms with E-state index in [0.717, 1.165) is 6.42 Å². The molecule has 0 fully saturated rings. The topological polar surface area (TPSA) is 62.1 Å². The minimum atomic E-state index is -0.186. The third-order valence-electron chi connectivity index (χ3n) is 2.97. The van der Waals surface area contributed by atoms with E-state index < -0.39 is 0 Å². The van der Waals surface area contributed by atoms with E-state index in [4.69, 9.17) is 10.00 Å². The lowest BCUT2D eigenvalue weighted by Crippen LogP contribution is -2.25. The monoisotopic (exact) mass is 260 g/mol. The number of nitriles is 1.